The van der Waals surface area contributed by atoms with E-state index in [0.29, 0.717) is 5.56 Å². The Morgan fingerprint density at radius 3 is 2.48 bits per heavy atom. The van der Waals surface area contributed by atoms with Crippen molar-refractivity contribution >= 4 is 23.2 Å². The number of hydrogen-bond donors (Lipinski definition) is 3. The maximum Gasteiger partial charge on any atom is 0.288 e. The number of Topliss-reactive ketones (excluding diaryl/α,β-unsaturated/α-hetero) is 2. The van der Waals surface area contributed by atoms with Crippen LogP contribution in [0, 0.1) is 5.92 Å². The molecule has 2 aliphatic rings. The van der Waals surface area contributed by atoms with Crippen LogP contribution in [0.4, 0.5) is 5.69 Å². The molecule has 4 rings (SSSR count). The molecule has 1 aliphatic heterocycles. The Balaban J connectivity index is 1.92. The van der Waals surface area contributed by atoms with E-state index in [1.54, 1.807) is 30.3 Å². The summed E-state index contributed by atoms with van der Waals surface area (Å²) in [5, 5.41) is 14.3. The zero-order valence-electron chi connectivity index (χ0n) is 18.0. The third-order valence-corrected chi connectivity index (χ3v) is 6.02. The minimum atomic E-state index is -2.22. The number of nitrogen functional groups attached to an aromatic ring is 1. The van der Waals surface area contributed by atoms with Crippen molar-refractivity contribution in [2.45, 2.75) is 51.4 Å². The van der Waals surface area contributed by atoms with Gasteiger partial charge in [-0.05, 0) is 29.5 Å². The second-order valence-electron chi connectivity index (χ2n) is 8.98. The number of amides is 1. The molecule has 0 spiro atoms. The van der Waals surface area contributed by atoms with Crippen LogP contribution in [0.2, 0.25) is 0 Å². The summed E-state index contributed by atoms with van der Waals surface area (Å²) in [4.78, 5) is 39.1. The van der Waals surface area contributed by atoms with Crippen molar-refractivity contribution in [3.05, 3.63) is 58.7 Å². The van der Waals surface area contributed by atoms with Crippen LogP contribution in [-0.4, -0.2) is 22.6 Å². The SMILES string of the molecule is CC(C)CC(=O)C(=O)NC12C(=O)c3c(N)cccc3C1(O)Oc1cc(C(C)C)ccc12. The molecule has 2 unspecified atom stereocenters. The molecule has 1 aliphatic carbocycles. The molecular formula is C24H26N2O5. The first-order valence-electron chi connectivity index (χ1n) is 10.4. The van der Waals surface area contributed by atoms with Gasteiger partial charge in [0, 0.05) is 23.2 Å². The molecule has 0 fully saturated rings. The summed E-state index contributed by atoms with van der Waals surface area (Å²) in [6, 6.07) is 9.93. The van der Waals surface area contributed by atoms with Gasteiger partial charge in [0.1, 0.15) is 5.75 Å². The second kappa shape index (κ2) is 6.92. The number of ketones is 2. The predicted octanol–water partition coefficient (Wildman–Crippen LogP) is 2.75. The van der Waals surface area contributed by atoms with Gasteiger partial charge in [-0.3, -0.25) is 14.4 Å². The van der Waals surface area contributed by atoms with Gasteiger partial charge >= 0.3 is 0 Å². The first kappa shape index (κ1) is 21.1. The molecular weight excluding hydrogens is 396 g/mol. The minimum absolute atomic E-state index is 0.0175. The lowest BCUT2D eigenvalue weighted by Gasteiger charge is -2.34. The number of rotatable bonds is 5. The standard InChI is InChI=1S/C24H26N2O5/c1-12(2)10-18(27)22(29)26-23-15-9-8-14(13(3)4)11-19(15)31-24(23,30)16-6-5-7-17(25)20(16)21(23)28/h5-9,11-13,30H,10,25H2,1-4H3,(H,26,29). The maximum atomic E-state index is 13.7. The van der Waals surface area contributed by atoms with Crippen LogP contribution in [0.25, 0.3) is 0 Å². The topological polar surface area (TPSA) is 119 Å². The number of carbonyl (C=O) groups excluding carboxylic acids is 3. The van der Waals surface area contributed by atoms with E-state index in [1.165, 1.54) is 0 Å². The monoisotopic (exact) mass is 422 g/mol. The van der Waals surface area contributed by atoms with Crippen LogP contribution in [0.3, 0.4) is 0 Å². The van der Waals surface area contributed by atoms with Crippen LogP contribution < -0.4 is 15.8 Å². The van der Waals surface area contributed by atoms with E-state index in [4.69, 9.17) is 10.5 Å². The number of nitrogens with one attached hydrogen (secondary N) is 1. The van der Waals surface area contributed by atoms with Crippen LogP contribution in [0.15, 0.2) is 36.4 Å². The summed E-state index contributed by atoms with van der Waals surface area (Å²) in [6.07, 6.45) is 0.0175. The molecule has 0 saturated carbocycles. The fourth-order valence-electron chi connectivity index (χ4n) is 4.45. The summed E-state index contributed by atoms with van der Waals surface area (Å²) in [5.74, 6) is -4.02. The van der Waals surface area contributed by atoms with E-state index >= 15 is 0 Å². The van der Waals surface area contributed by atoms with Crippen molar-refractivity contribution in [3.8, 4) is 5.75 Å². The van der Waals surface area contributed by atoms with E-state index in [-0.39, 0.29) is 40.8 Å². The fourth-order valence-corrected chi connectivity index (χ4v) is 4.45. The number of ether oxygens (including phenoxy) is 1. The van der Waals surface area contributed by atoms with Gasteiger partial charge in [0.15, 0.2) is 0 Å². The molecule has 0 bridgehead atoms. The quantitative estimate of drug-likeness (QED) is 0.504. The molecule has 4 N–H and O–H groups in total. The van der Waals surface area contributed by atoms with Gasteiger partial charge in [-0.25, -0.2) is 0 Å². The summed E-state index contributed by atoms with van der Waals surface area (Å²) in [5.41, 5.74) is 5.71. The van der Waals surface area contributed by atoms with Gasteiger partial charge in [0.2, 0.25) is 17.1 Å². The van der Waals surface area contributed by atoms with Gasteiger partial charge in [-0.2, -0.15) is 0 Å². The lowest BCUT2D eigenvalue weighted by molar-refractivity contribution is -0.176. The Hall–Kier alpha value is -3.19. The fraction of sp³-hybridized carbons (Fsp3) is 0.375. The predicted molar refractivity (Wildman–Crippen MR) is 115 cm³/mol. The highest BCUT2D eigenvalue weighted by molar-refractivity contribution is 6.37. The summed E-state index contributed by atoms with van der Waals surface area (Å²) < 4.78 is 5.98. The van der Waals surface area contributed by atoms with E-state index in [2.05, 4.69) is 5.32 Å². The molecule has 0 saturated heterocycles. The van der Waals surface area contributed by atoms with Crippen molar-refractivity contribution < 1.29 is 24.2 Å². The lowest BCUT2D eigenvalue weighted by atomic mass is 9.82. The Kier molecular flexibility index (Phi) is 4.70. The Morgan fingerprint density at radius 1 is 1.13 bits per heavy atom. The number of aliphatic hydroxyl groups is 1. The van der Waals surface area contributed by atoms with E-state index in [9.17, 15) is 19.5 Å². The first-order chi connectivity index (χ1) is 14.5. The maximum absolute atomic E-state index is 13.7. The molecule has 2 atom stereocenters. The molecule has 2 aromatic rings. The number of hydrogen-bond acceptors (Lipinski definition) is 6. The third-order valence-electron chi connectivity index (χ3n) is 6.02. The Labute approximate surface area is 180 Å². The van der Waals surface area contributed by atoms with Crippen LogP contribution in [0.5, 0.6) is 5.75 Å². The van der Waals surface area contributed by atoms with Crippen molar-refractivity contribution in [2.75, 3.05) is 5.73 Å². The van der Waals surface area contributed by atoms with Crippen molar-refractivity contribution in [2.24, 2.45) is 5.92 Å². The van der Waals surface area contributed by atoms with Gasteiger partial charge in [-0.15, -0.1) is 0 Å². The van der Waals surface area contributed by atoms with E-state index in [0.717, 1.165) is 5.56 Å². The highest BCUT2D eigenvalue weighted by atomic mass is 16.6. The normalized spacial score (nSPS) is 23.4. The molecule has 162 valence electrons. The largest absolute Gasteiger partial charge is 0.454 e. The van der Waals surface area contributed by atoms with E-state index in [1.807, 2.05) is 33.8 Å². The van der Waals surface area contributed by atoms with Gasteiger partial charge in [0.25, 0.3) is 11.7 Å². The smallest absolute Gasteiger partial charge is 0.288 e. The summed E-state index contributed by atoms with van der Waals surface area (Å²) in [6.45, 7) is 7.65. The molecule has 1 amide bonds. The van der Waals surface area contributed by atoms with Gasteiger partial charge in [-0.1, -0.05) is 52.0 Å². The zero-order chi connectivity index (χ0) is 22.7. The third kappa shape index (κ3) is 2.80. The molecule has 7 nitrogen and oxygen atoms in total. The molecule has 7 heteroatoms. The van der Waals surface area contributed by atoms with E-state index < -0.39 is 28.8 Å². The summed E-state index contributed by atoms with van der Waals surface area (Å²) >= 11 is 0. The van der Waals surface area contributed by atoms with Crippen molar-refractivity contribution in [1.82, 2.24) is 5.32 Å². The van der Waals surface area contributed by atoms with Crippen molar-refractivity contribution in [1.29, 1.82) is 0 Å². The highest BCUT2D eigenvalue weighted by Crippen LogP contribution is 2.59. The Morgan fingerprint density at radius 2 is 1.84 bits per heavy atom. The van der Waals surface area contributed by atoms with Gasteiger partial charge in [0.05, 0.1) is 5.56 Å². The average Bonchev–Trinajstić information content (AvgIpc) is 3.05. The number of nitrogens with two attached hydrogens (primary N) is 1. The number of fused-ring (bicyclic) bond motifs is 5. The minimum Gasteiger partial charge on any atom is -0.454 e. The molecule has 0 radical (unpaired) electrons. The number of carbonyl (C=O) groups is 3. The van der Waals surface area contributed by atoms with Crippen LogP contribution in [0.1, 0.15) is 67.1 Å². The number of anilines is 1. The highest BCUT2D eigenvalue weighted by Gasteiger charge is 2.72. The van der Waals surface area contributed by atoms with Crippen LogP contribution >= 0.6 is 0 Å². The van der Waals surface area contributed by atoms with Crippen LogP contribution in [-0.2, 0) is 20.9 Å². The van der Waals surface area contributed by atoms with Gasteiger partial charge < -0.3 is 20.9 Å². The first-order valence-corrected chi connectivity index (χ1v) is 10.4. The number of benzene rings is 2. The second-order valence-corrected chi connectivity index (χ2v) is 8.98. The zero-order valence-corrected chi connectivity index (χ0v) is 18.0. The lowest BCUT2D eigenvalue weighted by Crippen LogP contribution is -2.61. The summed E-state index contributed by atoms with van der Waals surface area (Å²) in [7, 11) is 0. The molecule has 31 heavy (non-hydrogen) atoms. The Bertz CT molecular complexity index is 1120. The molecule has 2 aromatic carbocycles. The average molecular weight is 422 g/mol. The van der Waals surface area contributed by atoms with Crippen molar-refractivity contribution in [3.63, 3.8) is 0 Å². The molecule has 1 heterocycles. The molecule has 0 aromatic heterocycles.